The summed E-state index contributed by atoms with van der Waals surface area (Å²) in [4.78, 5) is 0. The minimum absolute atomic E-state index is 0.220. The summed E-state index contributed by atoms with van der Waals surface area (Å²) in [5, 5.41) is 9.67. The predicted octanol–water partition coefficient (Wildman–Crippen LogP) is 5.24. The monoisotopic (exact) mass is 420 g/mol. The van der Waals surface area contributed by atoms with Gasteiger partial charge in [-0.2, -0.15) is 23.4 Å². The standard InChI is InChI=1S/C17H8F8N4/c18-9-3-1-7(2-4-9)15-8(5-26-28-15)6-27-29-16-13(21)11(19)10(17(23,24)25)12(20)14(16)22/h1-6,29H,(H,26,28). The van der Waals surface area contributed by atoms with Crippen molar-refractivity contribution in [3.05, 3.63) is 70.7 Å². The molecule has 0 unspecified atom stereocenters. The molecule has 3 rings (SSSR count). The highest BCUT2D eigenvalue weighted by Gasteiger charge is 2.42. The molecule has 0 atom stereocenters. The fourth-order valence-corrected chi connectivity index (χ4v) is 2.39. The topological polar surface area (TPSA) is 53.1 Å². The second-order valence-corrected chi connectivity index (χ2v) is 5.58. The van der Waals surface area contributed by atoms with Gasteiger partial charge < -0.3 is 0 Å². The van der Waals surface area contributed by atoms with Crippen LogP contribution in [0.5, 0.6) is 0 Å². The first-order valence-electron chi connectivity index (χ1n) is 7.62. The second kappa shape index (κ2) is 7.53. The van der Waals surface area contributed by atoms with E-state index in [9.17, 15) is 35.1 Å². The molecule has 0 aliphatic carbocycles. The zero-order valence-corrected chi connectivity index (χ0v) is 13.9. The predicted molar refractivity (Wildman–Crippen MR) is 86.5 cm³/mol. The lowest BCUT2D eigenvalue weighted by molar-refractivity contribution is -0.143. The normalized spacial score (nSPS) is 12.0. The zero-order valence-electron chi connectivity index (χ0n) is 13.9. The molecule has 2 N–H and O–H groups in total. The SMILES string of the molecule is Fc1ccc(-c2[nH]ncc2C=NNc2c(F)c(F)c(C(F)(F)F)c(F)c2F)cc1. The molecule has 2 aromatic carbocycles. The fourth-order valence-electron chi connectivity index (χ4n) is 2.39. The lowest BCUT2D eigenvalue weighted by Gasteiger charge is -2.13. The molecule has 0 saturated heterocycles. The van der Waals surface area contributed by atoms with Crippen molar-refractivity contribution in [2.24, 2.45) is 5.10 Å². The Morgan fingerprint density at radius 1 is 0.897 bits per heavy atom. The molecule has 1 heterocycles. The van der Waals surface area contributed by atoms with Gasteiger partial charge in [-0.05, 0) is 24.3 Å². The second-order valence-electron chi connectivity index (χ2n) is 5.58. The Balaban J connectivity index is 1.91. The summed E-state index contributed by atoms with van der Waals surface area (Å²) in [6.07, 6.45) is -3.47. The first-order valence-corrected chi connectivity index (χ1v) is 7.62. The van der Waals surface area contributed by atoms with Crippen molar-refractivity contribution in [1.29, 1.82) is 0 Å². The number of aromatic nitrogens is 2. The maximum Gasteiger partial charge on any atom is 0.422 e. The summed E-state index contributed by atoms with van der Waals surface area (Å²) in [6, 6.07) is 5.11. The Morgan fingerprint density at radius 2 is 1.48 bits per heavy atom. The quantitative estimate of drug-likeness (QED) is 0.263. The highest BCUT2D eigenvalue weighted by Crippen LogP contribution is 2.38. The van der Waals surface area contributed by atoms with Crippen molar-refractivity contribution < 1.29 is 35.1 Å². The number of halogens is 8. The van der Waals surface area contributed by atoms with Crippen molar-refractivity contribution in [3.8, 4) is 11.3 Å². The number of nitrogens with one attached hydrogen (secondary N) is 2. The number of hydrogen-bond acceptors (Lipinski definition) is 3. The van der Waals surface area contributed by atoms with E-state index in [1.807, 2.05) is 0 Å². The summed E-state index contributed by atoms with van der Waals surface area (Å²) in [7, 11) is 0. The van der Waals surface area contributed by atoms with Gasteiger partial charge in [0.15, 0.2) is 23.3 Å². The van der Waals surface area contributed by atoms with Crippen molar-refractivity contribution in [2.75, 3.05) is 5.43 Å². The van der Waals surface area contributed by atoms with Crippen LogP contribution in [0.4, 0.5) is 40.8 Å². The van der Waals surface area contributed by atoms with E-state index < -0.39 is 46.5 Å². The van der Waals surface area contributed by atoms with Gasteiger partial charge in [0.1, 0.15) is 17.1 Å². The number of alkyl halides is 3. The van der Waals surface area contributed by atoms with Gasteiger partial charge in [0, 0.05) is 11.1 Å². The minimum Gasteiger partial charge on any atom is -0.277 e. The number of anilines is 1. The van der Waals surface area contributed by atoms with Gasteiger partial charge in [-0.25, -0.2) is 22.0 Å². The third-order valence-electron chi connectivity index (χ3n) is 3.73. The van der Waals surface area contributed by atoms with E-state index in [4.69, 9.17) is 0 Å². The molecule has 0 bridgehead atoms. The highest BCUT2D eigenvalue weighted by atomic mass is 19.4. The van der Waals surface area contributed by atoms with Gasteiger partial charge in [0.25, 0.3) is 0 Å². The van der Waals surface area contributed by atoms with Gasteiger partial charge in [0.05, 0.1) is 18.1 Å². The number of hydrazone groups is 1. The molecule has 4 nitrogen and oxygen atoms in total. The molecule has 1 aromatic heterocycles. The van der Waals surface area contributed by atoms with Crippen molar-refractivity contribution >= 4 is 11.9 Å². The molecule has 0 fully saturated rings. The zero-order chi connectivity index (χ0) is 21.3. The van der Waals surface area contributed by atoms with Crippen molar-refractivity contribution in [3.63, 3.8) is 0 Å². The first kappa shape index (κ1) is 20.3. The first-order chi connectivity index (χ1) is 13.6. The fraction of sp³-hybridized carbons (Fsp3) is 0.0588. The molecule has 152 valence electrons. The van der Waals surface area contributed by atoms with Gasteiger partial charge >= 0.3 is 6.18 Å². The van der Waals surface area contributed by atoms with E-state index in [0.29, 0.717) is 11.3 Å². The molecule has 12 heteroatoms. The van der Waals surface area contributed by atoms with E-state index in [1.54, 1.807) is 5.43 Å². The van der Waals surface area contributed by atoms with E-state index >= 15 is 0 Å². The van der Waals surface area contributed by atoms with Gasteiger partial charge in [-0.15, -0.1) is 0 Å². The van der Waals surface area contributed by atoms with Crippen LogP contribution in [0.1, 0.15) is 11.1 Å². The lowest BCUT2D eigenvalue weighted by Crippen LogP contribution is -2.16. The minimum atomic E-state index is -5.64. The molecule has 3 aromatic rings. The molecule has 0 saturated carbocycles. The molecule has 0 aliphatic heterocycles. The lowest BCUT2D eigenvalue weighted by atomic mass is 10.1. The summed E-state index contributed by atoms with van der Waals surface area (Å²) >= 11 is 0. The summed E-state index contributed by atoms with van der Waals surface area (Å²) in [6.45, 7) is 0. The average Bonchev–Trinajstić information content (AvgIpc) is 3.11. The summed E-state index contributed by atoms with van der Waals surface area (Å²) in [5.41, 5.74) is -1.58. The van der Waals surface area contributed by atoms with E-state index in [0.717, 1.165) is 18.3 Å². The Labute approximate surface area is 156 Å². The summed E-state index contributed by atoms with van der Waals surface area (Å²) in [5.74, 6) is -10.3. The molecule has 0 radical (unpaired) electrons. The third-order valence-corrected chi connectivity index (χ3v) is 3.73. The smallest absolute Gasteiger partial charge is 0.277 e. The van der Waals surface area contributed by atoms with Crippen LogP contribution in [0.25, 0.3) is 11.3 Å². The Kier molecular flexibility index (Phi) is 5.27. The van der Waals surface area contributed by atoms with Crippen molar-refractivity contribution in [2.45, 2.75) is 6.18 Å². The molecule has 0 aliphatic rings. The number of benzene rings is 2. The van der Waals surface area contributed by atoms with Crippen LogP contribution in [0, 0.1) is 29.1 Å². The van der Waals surface area contributed by atoms with Crippen LogP contribution in [0.2, 0.25) is 0 Å². The van der Waals surface area contributed by atoms with E-state index in [-0.39, 0.29) is 5.56 Å². The Morgan fingerprint density at radius 3 is 2.03 bits per heavy atom. The van der Waals surface area contributed by atoms with Crippen LogP contribution in [0.3, 0.4) is 0 Å². The number of rotatable bonds is 4. The van der Waals surface area contributed by atoms with Crippen LogP contribution >= 0.6 is 0 Å². The number of nitrogens with zero attached hydrogens (tertiary/aromatic N) is 2. The average molecular weight is 420 g/mol. The maximum absolute atomic E-state index is 13.8. The molecular formula is C17H8F8N4. The molecule has 29 heavy (non-hydrogen) atoms. The number of hydrogen-bond donors (Lipinski definition) is 2. The van der Waals surface area contributed by atoms with Crippen LogP contribution in [0.15, 0.2) is 35.6 Å². The van der Waals surface area contributed by atoms with E-state index in [1.165, 1.54) is 18.3 Å². The van der Waals surface area contributed by atoms with Crippen LogP contribution in [-0.2, 0) is 6.18 Å². The van der Waals surface area contributed by atoms with Crippen molar-refractivity contribution in [1.82, 2.24) is 10.2 Å². The van der Waals surface area contributed by atoms with Gasteiger partial charge in [0.2, 0.25) is 0 Å². The molecular weight excluding hydrogens is 412 g/mol. The Bertz CT molecular complexity index is 1040. The highest BCUT2D eigenvalue weighted by molar-refractivity contribution is 5.88. The molecule has 0 amide bonds. The third kappa shape index (κ3) is 3.91. The largest absolute Gasteiger partial charge is 0.422 e. The summed E-state index contributed by atoms with van der Waals surface area (Å²) < 4.78 is 105. The van der Waals surface area contributed by atoms with Gasteiger partial charge in [-0.1, -0.05) is 0 Å². The maximum atomic E-state index is 13.8. The van der Waals surface area contributed by atoms with E-state index in [2.05, 4.69) is 15.3 Å². The number of H-pyrrole nitrogens is 1. The van der Waals surface area contributed by atoms with Crippen LogP contribution in [-0.4, -0.2) is 16.4 Å². The van der Waals surface area contributed by atoms with Gasteiger partial charge in [-0.3, -0.25) is 10.5 Å². The Hall–Kier alpha value is -3.44. The van der Waals surface area contributed by atoms with Crippen LogP contribution < -0.4 is 5.43 Å². The molecule has 0 spiro atoms. The number of aromatic amines is 1.